The van der Waals surface area contributed by atoms with Crippen LogP contribution in [0.3, 0.4) is 0 Å². The second kappa shape index (κ2) is 3.83. The van der Waals surface area contributed by atoms with Crippen molar-refractivity contribution < 1.29 is 0 Å². The summed E-state index contributed by atoms with van der Waals surface area (Å²) in [6, 6.07) is 8.68. The molecule has 1 aromatic carbocycles. The van der Waals surface area contributed by atoms with Gasteiger partial charge in [-0.3, -0.25) is 0 Å². The molecule has 0 amide bonds. The Balaban J connectivity index is 1.83. The van der Waals surface area contributed by atoms with E-state index in [1.807, 2.05) is 0 Å². The lowest BCUT2D eigenvalue weighted by Gasteiger charge is -2.33. The van der Waals surface area contributed by atoms with Crippen molar-refractivity contribution in [1.29, 1.82) is 0 Å². The van der Waals surface area contributed by atoms with E-state index in [0.717, 1.165) is 26.2 Å². The number of nitrogens with zero attached hydrogens (tertiary/aromatic N) is 2. The van der Waals surface area contributed by atoms with Gasteiger partial charge in [0.05, 0.1) is 0 Å². The van der Waals surface area contributed by atoms with E-state index >= 15 is 0 Å². The van der Waals surface area contributed by atoms with E-state index in [2.05, 4.69) is 39.8 Å². The molecule has 1 atom stereocenters. The molecule has 3 heteroatoms. The fourth-order valence-corrected chi connectivity index (χ4v) is 2.47. The van der Waals surface area contributed by atoms with Crippen LogP contribution in [0.5, 0.6) is 0 Å². The van der Waals surface area contributed by atoms with Crippen LogP contribution in [0.15, 0.2) is 24.3 Å². The summed E-state index contributed by atoms with van der Waals surface area (Å²) in [5, 5.41) is 8.08. The molecule has 1 radical (unpaired) electrons. The first-order valence-corrected chi connectivity index (χ1v) is 5.67. The van der Waals surface area contributed by atoms with Gasteiger partial charge in [0.1, 0.15) is 6.17 Å². The summed E-state index contributed by atoms with van der Waals surface area (Å²) in [4.78, 5) is 2.43. The lowest BCUT2D eigenvalue weighted by molar-refractivity contribution is 0.399. The third-order valence-electron chi connectivity index (χ3n) is 3.24. The topological polar surface area (TPSA) is 29.4 Å². The summed E-state index contributed by atoms with van der Waals surface area (Å²) >= 11 is 0. The van der Waals surface area contributed by atoms with Gasteiger partial charge in [-0.2, -0.15) is 0 Å². The maximum Gasteiger partial charge on any atom is 0.108 e. The quantitative estimate of drug-likeness (QED) is 0.722. The number of hydrogen-bond donors (Lipinski definition) is 1. The van der Waals surface area contributed by atoms with Gasteiger partial charge >= 0.3 is 0 Å². The highest BCUT2D eigenvalue weighted by atomic mass is 15.3. The summed E-state index contributed by atoms with van der Waals surface area (Å²) in [6.45, 7) is 4.10. The van der Waals surface area contributed by atoms with Gasteiger partial charge in [-0.25, -0.2) is 5.32 Å². The van der Waals surface area contributed by atoms with E-state index in [4.69, 9.17) is 0 Å². The fraction of sp³-hybridized carbons (Fsp3) is 0.500. The Hall–Kier alpha value is -1.06. The number of hydrogen-bond acceptors (Lipinski definition) is 2. The Labute approximate surface area is 90.5 Å². The molecule has 0 aromatic heterocycles. The van der Waals surface area contributed by atoms with Crippen molar-refractivity contribution in [3.8, 4) is 0 Å². The van der Waals surface area contributed by atoms with Gasteiger partial charge in [0.25, 0.3) is 0 Å². The van der Waals surface area contributed by atoms with Crippen LogP contribution in [-0.4, -0.2) is 32.3 Å². The van der Waals surface area contributed by atoms with Gasteiger partial charge in [0.15, 0.2) is 0 Å². The molecular formula is C12H16N3. The van der Waals surface area contributed by atoms with Gasteiger partial charge < -0.3 is 10.2 Å². The summed E-state index contributed by atoms with van der Waals surface area (Å²) in [6.07, 6.45) is 1.52. The van der Waals surface area contributed by atoms with Crippen molar-refractivity contribution in [1.82, 2.24) is 10.6 Å². The normalized spacial score (nSPS) is 25.3. The highest BCUT2D eigenvalue weighted by Crippen LogP contribution is 2.28. The molecule has 2 heterocycles. The minimum atomic E-state index is 0.349. The predicted molar refractivity (Wildman–Crippen MR) is 61.2 cm³/mol. The Morgan fingerprint density at radius 1 is 1.33 bits per heavy atom. The van der Waals surface area contributed by atoms with Gasteiger partial charge in [-0.1, -0.05) is 18.2 Å². The van der Waals surface area contributed by atoms with E-state index < -0.39 is 0 Å². The molecule has 3 rings (SSSR count). The molecular weight excluding hydrogens is 186 g/mol. The summed E-state index contributed by atoms with van der Waals surface area (Å²) in [7, 11) is 0. The number of para-hydroxylation sites is 1. The Bertz CT molecular complexity index is 344. The second-order valence-corrected chi connectivity index (χ2v) is 4.16. The summed E-state index contributed by atoms with van der Waals surface area (Å²) < 4.78 is 0. The highest BCUT2D eigenvalue weighted by molar-refractivity contribution is 5.58. The van der Waals surface area contributed by atoms with Crippen molar-refractivity contribution >= 4 is 5.69 Å². The first kappa shape index (κ1) is 9.19. The van der Waals surface area contributed by atoms with E-state index in [1.165, 1.54) is 17.7 Å². The zero-order valence-corrected chi connectivity index (χ0v) is 8.82. The van der Waals surface area contributed by atoms with Crippen molar-refractivity contribution in [2.45, 2.75) is 12.6 Å². The van der Waals surface area contributed by atoms with Crippen LogP contribution >= 0.6 is 0 Å². The monoisotopic (exact) mass is 202 g/mol. The van der Waals surface area contributed by atoms with Crippen molar-refractivity contribution in [3.63, 3.8) is 0 Å². The average molecular weight is 202 g/mol. The van der Waals surface area contributed by atoms with Crippen LogP contribution in [-0.2, 0) is 6.42 Å². The molecule has 15 heavy (non-hydrogen) atoms. The lowest BCUT2D eigenvalue weighted by Crippen LogP contribution is -2.53. The van der Waals surface area contributed by atoms with Crippen molar-refractivity contribution in [3.05, 3.63) is 29.8 Å². The molecule has 1 aromatic rings. The first-order chi connectivity index (χ1) is 7.45. The molecule has 0 spiro atoms. The fourth-order valence-electron chi connectivity index (χ4n) is 2.47. The molecule has 2 aliphatic rings. The molecule has 1 unspecified atom stereocenters. The first-order valence-electron chi connectivity index (χ1n) is 5.67. The third-order valence-corrected chi connectivity index (χ3v) is 3.24. The average Bonchev–Trinajstić information content (AvgIpc) is 2.74. The van der Waals surface area contributed by atoms with Crippen molar-refractivity contribution in [2.24, 2.45) is 0 Å². The Morgan fingerprint density at radius 2 is 2.27 bits per heavy atom. The number of benzene rings is 1. The largest absolute Gasteiger partial charge is 0.353 e. The summed E-state index contributed by atoms with van der Waals surface area (Å²) in [5.74, 6) is 0. The standard InChI is InChI=1S/C12H16N3/c1-2-4-11-10(3-1)5-8-15(11)12-9-13-6-7-14-12/h1-4,12-13H,5-9H2. The van der Waals surface area contributed by atoms with Crippen molar-refractivity contribution in [2.75, 3.05) is 31.1 Å². The zero-order chi connectivity index (χ0) is 10.1. The Kier molecular flexibility index (Phi) is 2.35. The van der Waals surface area contributed by atoms with Gasteiger partial charge in [-0.15, -0.1) is 0 Å². The van der Waals surface area contributed by atoms with Crippen LogP contribution < -0.4 is 15.5 Å². The molecule has 3 nitrogen and oxygen atoms in total. The second-order valence-electron chi connectivity index (χ2n) is 4.16. The van der Waals surface area contributed by atoms with E-state index in [-0.39, 0.29) is 0 Å². The SMILES string of the molecule is c1ccc2c(c1)CCN2C1CNCC[N]1. The van der Waals surface area contributed by atoms with Gasteiger partial charge in [-0.05, 0) is 18.1 Å². The zero-order valence-electron chi connectivity index (χ0n) is 8.82. The van der Waals surface area contributed by atoms with Crippen LogP contribution in [0.25, 0.3) is 0 Å². The molecule has 2 aliphatic heterocycles. The minimum Gasteiger partial charge on any atom is -0.353 e. The van der Waals surface area contributed by atoms with Gasteiger partial charge in [0.2, 0.25) is 0 Å². The highest BCUT2D eigenvalue weighted by Gasteiger charge is 2.27. The predicted octanol–water partition coefficient (Wildman–Crippen LogP) is 0.583. The Morgan fingerprint density at radius 3 is 3.13 bits per heavy atom. The van der Waals surface area contributed by atoms with Gasteiger partial charge in [0, 0.05) is 31.9 Å². The molecule has 0 bridgehead atoms. The lowest BCUT2D eigenvalue weighted by atomic mass is 10.2. The molecule has 79 valence electrons. The summed E-state index contributed by atoms with van der Waals surface area (Å²) in [5.41, 5.74) is 2.85. The van der Waals surface area contributed by atoms with Crippen LogP contribution in [0.2, 0.25) is 0 Å². The minimum absolute atomic E-state index is 0.349. The third kappa shape index (κ3) is 1.62. The number of anilines is 1. The van der Waals surface area contributed by atoms with Crippen LogP contribution in [0.1, 0.15) is 5.56 Å². The van der Waals surface area contributed by atoms with E-state index in [0.29, 0.717) is 6.17 Å². The molecule has 0 aliphatic carbocycles. The van der Waals surface area contributed by atoms with E-state index in [9.17, 15) is 0 Å². The van der Waals surface area contributed by atoms with E-state index in [1.54, 1.807) is 0 Å². The van der Waals surface area contributed by atoms with Crippen LogP contribution in [0.4, 0.5) is 5.69 Å². The molecule has 1 saturated heterocycles. The maximum absolute atomic E-state index is 4.67. The number of piperazine rings is 1. The molecule has 1 fully saturated rings. The number of fused-ring (bicyclic) bond motifs is 1. The number of rotatable bonds is 1. The number of nitrogens with one attached hydrogen (secondary N) is 1. The molecule has 0 saturated carbocycles. The van der Waals surface area contributed by atoms with Crippen LogP contribution in [0, 0.1) is 0 Å². The smallest absolute Gasteiger partial charge is 0.108 e. The molecule has 1 N–H and O–H groups in total. The maximum atomic E-state index is 4.67.